The zero-order valence-electron chi connectivity index (χ0n) is 10.4. The SMILES string of the molecule is Cc1cnn(CCNC(=O)c2cc(Cl)ncc2N)c1. The smallest absolute Gasteiger partial charge is 0.253 e. The lowest BCUT2D eigenvalue weighted by Gasteiger charge is -2.07. The van der Waals surface area contributed by atoms with Crippen LogP contribution < -0.4 is 11.1 Å². The molecule has 0 fully saturated rings. The molecule has 0 radical (unpaired) electrons. The number of nitrogens with two attached hydrogens (primary N) is 1. The van der Waals surface area contributed by atoms with Gasteiger partial charge in [-0.1, -0.05) is 11.6 Å². The lowest BCUT2D eigenvalue weighted by molar-refractivity contribution is 0.0952. The average molecular weight is 280 g/mol. The summed E-state index contributed by atoms with van der Waals surface area (Å²) in [5, 5.41) is 7.12. The van der Waals surface area contributed by atoms with Gasteiger partial charge in [0.15, 0.2) is 0 Å². The van der Waals surface area contributed by atoms with Crippen molar-refractivity contribution >= 4 is 23.2 Å². The van der Waals surface area contributed by atoms with Crippen LogP contribution in [0.25, 0.3) is 0 Å². The molecule has 1 amide bonds. The minimum Gasteiger partial charge on any atom is -0.397 e. The predicted octanol–water partition coefficient (Wildman–Crippen LogP) is 1.25. The molecule has 0 spiro atoms. The van der Waals surface area contributed by atoms with Gasteiger partial charge in [-0.25, -0.2) is 4.98 Å². The number of carbonyl (C=O) groups is 1. The van der Waals surface area contributed by atoms with Crippen molar-refractivity contribution in [3.8, 4) is 0 Å². The minimum absolute atomic E-state index is 0.238. The third-order valence-corrected chi connectivity index (χ3v) is 2.74. The molecule has 7 heteroatoms. The lowest BCUT2D eigenvalue weighted by atomic mass is 10.2. The molecule has 100 valence electrons. The first kappa shape index (κ1) is 13.4. The fourth-order valence-corrected chi connectivity index (χ4v) is 1.76. The Labute approximate surface area is 115 Å². The molecule has 0 atom stereocenters. The Balaban J connectivity index is 1.92. The molecule has 0 aromatic carbocycles. The van der Waals surface area contributed by atoms with Crippen LogP contribution in [0, 0.1) is 6.92 Å². The van der Waals surface area contributed by atoms with Gasteiger partial charge in [-0.3, -0.25) is 9.48 Å². The molecule has 2 rings (SSSR count). The number of nitrogen functional groups attached to an aromatic ring is 1. The number of hydrogen-bond acceptors (Lipinski definition) is 4. The molecule has 0 bridgehead atoms. The van der Waals surface area contributed by atoms with Crippen molar-refractivity contribution in [1.29, 1.82) is 0 Å². The Morgan fingerprint density at radius 3 is 3.00 bits per heavy atom. The highest BCUT2D eigenvalue weighted by molar-refractivity contribution is 6.29. The zero-order chi connectivity index (χ0) is 13.8. The fourth-order valence-electron chi connectivity index (χ4n) is 1.61. The Kier molecular flexibility index (Phi) is 4.01. The highest BCUT2D eigenvalue weighted by atomic mass is 35.5. The summed E-state index contributed by atoms with van der Waals surface area (Å²) >= 11 is 5.73. The topological polar surface area (TPSA) is 85.8 Å². The van der Waals surface area contributed by atoms with E-state index in [1.165, 1.54) is 12.3 Å². The normalized spacial score (nSPS) is 10.4. The second-order valence-electron chi connectivity index (χ2n) is 4.13. The van der Waals surface area contributed by atoms with E-state index in [2.05, 4.69) is 15.4 Å². The number of nitrogens with one attached hydrogen (secondary N) is 1. The van der Waals surface area contributed by atoms with Crippen LogP contribution in [0.15, 0.2) is 24.7 Å². The first-order valence-corrected chi connectivity index (χ1v) is 6.12. The number of pyridine rings is 1. The summed E-state index contributed by atoms with van der Waals surface area (Å²) < 4.78 is 1.76. The van der Waals surface area contributed by atoms with E-state index in [9.17, 15) is 4.79 Å². The number of aryl methyl sites for hydroxylation is 1. The zero-order valence-corrected chi connectivity index (χ0v) is 11.2. The Bertz CT molecular complexity index is 596. The van der Waals surface area contributed by atoms with Gasteiger partial charge in [0.25, 0.3) is 5.91 Å². The molecule has 0 aliphatic heterocycles. The van der Waals surface area contributed by atoms with Crippen molar-refractivity contribution in [2.24, 2.45) is 0 Å². The molecule has 2 aromatic heterocycles. The van der Waals surface area contributed by atoms with Crippen molar-refractivity contribution in [2.75, 3.05) is 12.3 Å². The van der Waals surface area contributed by atoms with Crippen molar-refractivity contribution in [1.82, 2.24) is 20.1 Å². The summed E-state index contributed by atoms with van der Waals surface area (Å²) in [5.41, 5.74) is 7.39. The molecule has 2 aromatic rings. The van der Waals surface area contributed by atoms with E-state index in [1.54, 1.807) is 10.9 Å². The van der Waals surface area contributed by atoms with Crippen molar-refractivity contribution in [2.45, 2.75) is 13.5 Å². The van der Waals surface area contributed by atoms with Crippen molar-refractivity contribution in [3.63, 3.8) is 0 Å². The molecule has 19 heavy (non-hydrogen) atoms. The van der Waals surface area contributed by atoms with E-state index in [-0.39, 0.29) is 11.1 Å². The first-order chi connectivity index (χ1) is 9.06. The van der Waals surface area contributed by atoms with Gasteiger partial charge >= 0.3 is 0 Å². The van der Waals surface area contributed by atoms with Gasteiger partial charge < -0.3 is 11.1 Å². The monoisotopic (exact) mass is 279 g/mol. The maximum atomic E-state index is 11.9. The number of carbonyl (C=O) groups excluding carboxylic acids is 1. The summed E-state index contributed by atoms with van der Waals surface area (Å²) in [5.74, 6) is -0.273. The van der Waals surface area contributed by atoms with E-state index in [0.717, 1.165) is 5.56 Å². The third-order valence-electron chi connectivity index (χ3n) is 2.53. The number of hydrogen-bond donors (Lipinski definition) is 2. The van der Waals surface area contributed by atoms with E-state index < -0.39 is 0 Å². The van der Waals surface area contributed by atoms with Crippen LogP contribution in [-0.2, 0) is 6.54 Å². The van der Waals surface area contributed by atoms with E-state index >= 15 is 0 Å². The number of aromatic nitrogens is 3. The van der Waals surface area contributed by atoms with Crippen LogP contribution in [0.4, 0.5) is 5.69 Å². The summed E-state index contributed by atoms with van der Waals surface area (Å²) in [6.07, 6.45) is 5.04. The van der Waals surface area contributed by atoms with Crippen molar-refractivity contribution < 1.29 is 4.79 Å². The molecular formula is C12H14ClN5O. The van der Waals surface area contributed by atoms with Crippen LogP contribution in [0.5, 0.6) is 0 Å². The Morgan fingerprint density at radius 2 is 2.32 bits per heavy atom. The highest BCUT2D eigenvalue weighted by Gasteiger charge is 2.10. The largest absolute Gasteiger partial charge is 0.397 e. The summed E-state index contributed by atoms with van der Waals surface area (Å²) in [7, 11) is 0. The maximum absolute atomic E-state index is 11.9. The Hall–Kier alpha value is -2.08. The van der Waals surface area contributed by atoms with Crippen LogP contribution in [0.2, 0.25) is 5.15 Å². The number of nitrogens with zero attached hydrogens (tertiary/aromatic N) is 3. The van der Waals surface area contributed by atoms with Gasteiger partial charge in [-0.05, 0) is 18.6 Å². The van der Waals surface area contributed by atoms with Gasteiger partial charge in [-0.15, -0.1) is 0 Å². The van der Waals surface area contributed by atoms with Crippen LogP contribution in [0.1, 0.15) is 15.9 Å². The van der Waals surface area contributed by atoms with Gasteiger partial charge in [0.2, 0.25) is 0 Å². The standard InChI is InChI=1S/C12H14ClN5O/c1-8-5-17-18(7-8)3-2-15-12(19)9-4-11(13)16-6-10(9)14/h4-7H,2-3,14H2,1H3,(H,15,19). The first-order valence-electron chi connectivity index (χ1n) is 5.74. The quantitative estimate of drug-likeness (QED) is 0.825. The molecule has 2 heterocycles. The van der Waals surface area contributed by atoms with Crippen LogP contribution >= 0.6 is 11.6 Å². The summed E-state index contributed by atoms with van der Waals surface area (Å²) in [6, 6.07) is 1.45. The lowest BCUT2D eigenvalue weighted by Crippen LogP contribution is -2.28. The third kappa shape index (κ3) is 3.45. The molecule has 0 aliphatic carbocycles. The van der Waals surface area contributed by atoms with Crippen LogP contribution in [0.3, 0.4) is 0 Å². The van der Waals surface area contributed by atoms with Gasteiger partial charge in [0.1, 0.15) is 5.15 Å². The van der Waals surface area contributed by atoms with E-state index in [0.29, 0.717) is 24.3 Å². The average Bonchev–Trinajstić information content (AvgIpc) is 2.78. The highest BCUT2D eigenvalue weighted by Crippen LogP contribution is 2.14. The fraction of sp³-hybridized carbons (Fsp3) is 0.250. The van der Waals surface area contributed by atoms with Crippen LogP contribution in [-0.4, -0.2) is 27.2 Å². The Morgan fingerprint density at radius 1 is 1.53 bits per heavy atom. The van der Waals surface area contributed by atoms with Gasteiger partial charge in [-0.2, -0.15) is 5.10 Å². The number of rotatable bonds is 4. The molecule has 0 aliphatic rings. The molecule has 0 unspecified atom stereocenters. The summed E-state index contributed by atoms with van der Waals surface area (Å²) in [4.78, 5) is 15.7. The van der Waals surface area contributed by atoms with Gasteiger partial charge in [0, 0.05) is 12.7 Å². The van der Waals surface area contributed by atoms with Gasteiger partial charge in [0.05, 0.1) is 30.2 Å². The predicted molar refractivity (Wildman–Crippen MR) is 73.0 cm³/mol. The molecule has 3 N–H and O–H groups in total. The van der Waals surface area contributed by atoms with E-state index in [1.807, 2.05) is 13.1 Å². The molecule has 6 nitrogen and oxygen atoms in total. The number of anilines is 1. The molecular weight excluding hydrogens is 266 g/mol. The summed E-state index contributed by atoms with van der Waals surface area (Å²) in [6.45, 7) is 3.01. The maximum Gasteiger partial charge on any atom is 0.253 e. The second-order valence-corrected chi connectivity index (χ2v) is 4.52. The van der Waals surface area contributed by atoms with Crippen molar-refractivity contribution in [3.05, 3.63) is 40.9 Å². The number of amides is 1. The second kappa shape index (κ2) is 5.71. The molecule has 0 saturated carbocycles. The number of halogens is 1. The molecule has 0 saturated heterocycles. The minimum atomic E-state index is -0.273. The van der Waals surface area contributed by atoms with E-state index in [4.69, 9.17) is 17.3 Å².